The third kappa shape index (κ3) is 6.84. The number of aliphatic hydroxyl groups is 1. The van der Waals surface area contributed by atoms with Crippen LogP contribution in [0.2, 0.25) is 0 Å². The van der Waals surface area contributed by atoms with Crippen molar-refractivity contribution in [1.29, 1.82) is 0 Å². The van der Waals surface area contributed by atoms with E-state index in [-0.39, 0.29) is 0 Å². The Morgan fingerprint density at radius 3 is 2.53 bits per heavy atom. The standard InChI is InChI=1S/C28H37N3O3/c1-22-5-10-27(24(3)17-22)34-21-28(32)11-4-13-30(14-12-28)20-25-6-8-26(9-7-25)33-16-15-31-19-23(2)18-29-31/h5-10,17-19,32H,4,11-16,20-21H2,1-3H3/t28-/m0/s1. The van der Waals surface area contributed by atoms with Crippen LogP contribution in [0.15, 0.2) is 54.9 Å². The van der Waals surface area contributed by atoms with Crippen LogP contribution in [0.1, 0.15) is 41.5 Å². The molecule has 2 aromatic carbocycles. The van der Waals surface area contributed by atoms with Crippen molar-refractivity contribution in [3.8, 4) is 11.5 Å². The summed E-state index contributed by atoms with van der Waals surface area (Å²) in [6.45, 7) is 10.5. The van der Waals surface area contributed by atoms with Crippen molar-refractivity contribution in [2.24, 2.45) is 0 Å². The molecular formula is C28H37N3O3. The summed E-state index contributed by atoms with van der Waals surface area (Å²) in [4.78, 5) is 2.42. The number of aromatic nitrogens is 2. The smallest absolute Gasteiger partial charge is 0.122 e. The largest absolute Gasteiger partial charge is 0.492 e. The third-order valence-corrected chi connectivity index (χ3v) is 6.52. The van der Waals surface area contributed by atoms with Gasteiger partial charge in [0.2, 0.25) is 0 Å². The van der Waals surface area contributed by atoms with E-state index >= 15 is 0 Å². The lowest BCUT2D eigenvalue weighted by atomic mass is 9.96. The summed E-state index contributed by atoms with van der Waals surface area (Å²) < 4.78 is 13.8. The third-order valence-electron chi connectivity index (χ3n) is 6.52. The Kier molecular flexibility index (Phi) is 7.91. The molecule has 1 N–H and O–H groups in total. The van der Waals surface area contributed by atoms with E-state index in [0.29, 0.717) is 19.6 Å². The minimum absolute atomic E-state index is 0.342. The zero-order valence-electron chi connectivity index (χ0n) is 20.7. The summed E-state index contributed by atoms with van der Waals surface area (Å²) in [5.41, 5.74) is 3.97. The van der Waals surface area contributed by atoms with Gasteiger partial charge in [-0.3, -0.25) is 9.58 Å². The molecule has 6 heteroatoms. The maximum atomic E-state index is 11.2. The summed E-state index contributed by atoms with van der Waals surface area (Å²) >= 11 is 0. The molecule has 1 atom stereocenters. The van der Waals surface area contributed by atoms with Gasteiger partial charge in [0, 0.05) is 19.3 Å². The first-order valence-electron chi connectivity index (χ1n) is 12.2. The van der Waals surface area contributed by atoms with Gasteiger partial charge in [-0.2, -0.15) is 5.10 Å². The average molecular weight is 464 g/mol. The number of benzene rings is 2. The van der Waals surface area contributed by atoms with Crippen LogP contribution in [0.3, 0.4) is 0 Å². The molecule has 1 fully saturated rings. The van der Waals surface area contributed by atoms with E-state index in [1.807, 2.05) is 42.2 Å². The minimum atomic E-state index is -0.781. The summed E-state index contributed by atoms with van der Waals surface area (Å²) in [5.74, 6) is 1.74. The zero-order valence-corrected chi connectivity index (χ0v) is 20.7. The fourth-order valence-electron chi connectivity index (χ4n) is 4.51. The second-order valence-corrected chi connectivity index (χ2v) is 9.68. The first kappa shape index (κ1) is 24.3. The van der Waals surface area contributed by atoms with Crippen molar-refractivity contribution < 1.29 is 14.6 Å². The van der Waals surface area contributed by atoms with Crippen LogP contribution < -0.4 is 9.47 Å². The van der Waals surface area contributed by atoms with E-state index < -0.39 is 5.60 Å². The van der Waals surface area contributed by atoms with E-state index in [1.54, 1.807) is 0 Å². The Balaban J connectivity index is 1.23. The summed E-state index contributed by atoms with van der Waals surface area (Å²) in [7, 11) is 0. The second-order valence-electron chi connectivity index (χ2n) is 9.68. The molecule has 0 saturated carbocycles. The molecule has 0 aliphatic carbocycles. The summed E-state index contributed by atoms with van der Waals surface area (Å²) in [6.07, 6.45) is 6.31. The number of ether oxygens (including phenoxy) is 2. The molecule has 4 rings (SSSR count). The van der Waals surface area contributed by atoms with Gasteiger partial charge in [-0.1, -0.05) is 29.8 Å². The zero-order chi connectivity index (χ0) is 24.0. The lowest BCUT2D eigenvalue weighted by Crippen LogP contribution is -2.37. The van der Waals surface area contributed by atoms with Crippen LogP contribution in [-0.4, -0.2) is 51.7 Å². The van der Waals surface area contributed by atoms with Crippen LogP contribution in [-0.2, 0) is 13.1 Å². The van der Waals surface area contributed by atoms with Gasteiger partial charge in [-0.15, -0.1) is 0 Å². The molecule has 1 saturated heterocycles. The predicted octanol–water partition coefficient (Wildman–Crippen LogP) is 4.68. The Morgan fingerprint density at radius 1 is 0.971 bits per heavy atom. The van der Waals surface area contributed by atoms with E-state index in [2.05, 4.69) is 48.1 Å². The Labute approximate surface area is 203 Å². The normalized spacial score (nSPS) is 19.1. The first-order valence-corrected chi connectivity index (χ1v) is 12.2. The molecule has 0 amide bonds. The topological polar surface area (TPSA) is 59.8 Å². The Morgan fingerprint density at radius 2 is 1.79 bits per heavy atom. The number of nitrogens with zero attached hydrogens (tertiary/aromatic N) is 3. The monoisotopic (exact) mass is 463 g/mol. The molecule has 2 heterocycles. The SMILES string of the molecule is Cc1ccc(OC[C@]2(O)CCCN(Cc3ccc(OCCn4cc(C)cn4)cc3)CC2)c(C)c1. The van der Waals surface area contributed by atoms with Gasteiger partial charge in [-0.05, 0) is 81.5 Å². The van der Waals surface area contributed by atoms with Crippen LogP contribution >= 0.6 is 0 Å². The Hall–Kier alpha value is -2.83. The average Bonchev–Trinajstić information content (AvgIpc) is 3.13. The van der Waals surface area contributed by atoms with E-state index in [9.17, 15) is 5.11 Å². The van der Waals surface area contributed by atoms with Gasteiger partial charge in [0.05, 0.1) is 18.3 Å². The number of hydrogen-bond donors (Lipinski definition) is 1. The van der Waals surface area contributed by atoms with Gasteiger partial charge in [-0.25, -0.2) is 0 Å². The molecule has 34 heavy (non-hydrogen) atoms. The van der Waals surface area contributed by atoms with Crippen molar-refractivity contribution in [2.45, 2.75) is 58.7 Å². The molecule has 1 aliphatic rings. The fraction of sp³-hybridized carbons (Fsp3) is 0.464. The van der Waals surface area contributed by atoms with Gasteiger partial charge >= 0.3 is 0 Å². The minimum Gasteiger partial charge on any atom is -0.492 e. The highest BCUT2D eigenvalue weighted by molar-refractivity contribution is 5.35. The van der Waals surface area contributed by atoms with Crippen molar-refractivity contribution in [1.82, 2.24) is 14.7 Å². The molecule has 0 radical (unpaired) electrons. The highest BCUT2D eigenvalue weighted by Crippen LogP contribution is 2.26. The summed E-state index contributed by atoms with van der Waals surface area (Å²) in [6, 6.07) is 14.5. The van der Waals surface area contributed by atoms with Crippen molar-refractivity contribution >= 4 is 0 Å². The summed E-state index contributed by atoms with van der Waals surface area (Å²) in [5, 5.41) is 15.5. The molecule has 1 aromatic heterocycles. The lowest BCUT2D eigenvalue weighted by molar-refractivity contribution is -0.0170. The van der Waals surface area contributed by atoms with E-state index in [0.717, 1.165) is 61.6 Å². The van der Waals surface area contributed by atoms with Crippen molar-refractivity contribution in [3.05, 3.63) is 77.1 Å². The highest BCUT2D eigenvalue weighted by Gasteiger charge is 2.31. The van der Waals surface area contributed by atoms with Gasteiger partial charge in [0.25, 0.3) is 0 Å². The molecule has 6 nitrogen and oxygen atoms in total. The second kappa shape index (κ2) is 11.1. The molecule has 0 spiro atoms. The first-order chi connectivity index (χ1) is 16.4. The molecular weight excluding hydrogens is 426 g/mol. The van der Waals surface area contributed by atoms with Crippen LogP contribution in [0.4, 0.5) is 0 Å². The number of hydrogen-bond acceptors (Lipinski definition) is 5. The van der Waals surface area contributed by atoms with Crippen LogP contribution in [0.5, 0.6) is 11.5 Å². The number of likely N-dealkylation sites (tertiary alicyclic amines) is 1. The number of aryl methyl sites for hydroxylation is 3. The predicted molar refractivity (Wildman–Crippen MR) is 134 cm³/mol. The van der Waals surface area contributed by atoms with Gasteiger partial charge < -0.3 is 14.6 Å². The maximum absolute atomic E-state index is 11.2. The fourth-order valence-corrected chi connectivity index (χ4v) is 4.51. The Bertz CT molecular complexity index is 1060. The van der Waals surface area contributed by atoms with E-state index in [1.165, 1.54) is 11.1 Å². The molecule has 3 aromatic rings. The van der Waals surface area contributed by atoms with E-state index in [4.69, 9.17) is 9.47 Å². The van der Waals surface area contributed by atoms with Crippen LogP contribution in [0.25, 0.3) is 0 Å². The van der Waals surface area contributed by atoms with Gasteiger partial charge in [0.15, 0.2) is 0 Å². The highest BCUT2D eigenvalue weighted by atomic mass is 16.5. The lowest BCUT2D eigenvalue weighted by Gasteiger charge is -2.27. The van der Waals surface area contributed by atoms with Gasteiger partial charge in [0.1, 0.15) is 24.7 Å². The molecule has 182 valence electrons. The molecule has 0 unspecified atom stereocenters. The van der Waals surface area contributed by atoms with Crippen LogP contribution in [0, 0.1) is 20.8 Å². The number of rotatable bonds is 9. The van der Waals surface area contributed by atoms with Crippen molar-refractivity contribution in [3.63, 3.8) is 0 Å². The van der Waals surface area contributed by atoms with Crippen molar-refractivity contribution in [2.75, 3.05) is 26.3 Å². The molecule has 1 aliphatic heterocycles. The quantitative estimate of drug-likeness (QED) is 0.499. The molecule has 0 bridgehead atoms. The maximum Gasteiger partial charge on any atom is 0.122 e.